The Labute approximate surface area is 151 Å². The van der Waals surface area contributed by atoms with Gasteiger partial charge in [0.15, 0.2) is 10.7 Å². The molecule has 1 heterocycles. The smallest absolute Gasteiger partial charge is 0.227 e. The van der Waals surface area contributed by atoms with Crippen molar-refractivity contribution in [2.75, 3.05) is 5.32 Å². The summed E-state index contributed by atoms with van der Waals surface area (Å²) in [5, 5.41) is 5.97. The molecule has 3 aromatic rings. The van der Waals surface area contributed by atoms with Gasteiger partial charge >= 0.3 is 0 Å². The number of nitrogens with zero attached hydrogens (tertiary/aromatic N) is 1. The van der Waals surface area contributed by atoms with E-state index in [0.29, 0.717) is 12.3 Å². The van der Waals surface area contributed by atoms with Crippen LogP contribution in [0.4, 0.5) is 5.69 Å². The molecule has 6 heteroatoms. The van der Waals surface area contributed by atoms with Gasteiger partial charge in [-0.2, -0.15) is 0 Å². The zero-order valence-electron chi connectivity index (χ0n) is 14.3. The molecule has 0 radical (unpaired) electrons. The zero-order chi connectivity index (χ0) is 18.0. The fourth-order valence-corrected chi connectivity index (χ4v) is 2.64. The van der Waals surface area contributed by atoms with Crippen molar-refractivity contribution in [3.8, 4) is 11.5 Å². The second-order valence-corrected chi connectivity index (χ2v) is 6.28. The number of benzene rings is 2. The van der Waals surface area contributed by atoms with Crippen LogP contribution in [0.3, 0.4) is 0 Å². The fraction of sp³-hybridized carbons (Fsp3) is 0.211. The van der Waals surface area contributed by atoms with Gasteiger partial charge in [-0.3, -0.25) is 4.79 Å². The molecule has 0 aliphatic carbocycles. The van der Waals surface area contributed by atoms with Crippen LogP contribution in [0.5, 0.6) is 0 Å². The number of hydrogen-bond acceptors (Lipinski definition) is 4. The zero-order valence-corrected chi connectivity index (χ0v) is 15.2. The predicted octanol–water partition coefficient (Wildman–Crippen LogP) is 4.33. The molecule has 2 N–H and O–H groups in total. The van der Waals surface area contributed by atoms with Crippen LogP contribution in [0.25, 0.3) is 22.6 Å². The van der Waals surface area contributed by atoms with Gasteiger partial charge < -0.3 is 15.1 Å². The molecule has 5 nitrogen and oxygen atoms in total. The molecule has 0 fully saturated rings. The maximum absolute atomic E-state index is 11.4. The van der Waals surface area contributed by atoms with Crippen LogP contribution in [-0.4, -0.2) is 16.0 Å². The van der Waals surface area contributed by atoms with Crippen LogP contribution < -0.4 is 10.6 Å². The van der Waals surface area contributed by atoms with E-state index in [-0.39, 0.29) is 11.0 Å². The number of amides is 1. The van der Waals surface area contributed by atoms with Crippen molar-refractivity contribution in [3.05, 3.63) is 47.5 Å². The van der Waals surface area contributed by atoms with Gasteiger partial charge in [0, 0.05) is 17.7 Å². The Hall–Kier alpha value is -2.73. The largest absolute Gasteiger partial charge is 0.436 e. The molecule has 0 saturated heterocycles. The summed E-state index contributed by atoms with van der Waals surface area (Å²) in [5.41, 5.74) is 5.35. The highest BCUT2D eigenvalue weighted by molar-refractivity contribution is 7.80. The van der Waals surface area contributed by atoms with Crippen molar-refractivity contribution in [2.24, 2.45) is 0 Å². The highest BCUT2D eigenvalue weighted by atomic mass is 32.1. The average Bonchev–Trinajstić information content (AvgIpc) is 2.99. The van der Waals surface area contributed by atoms with Crippen molar-refractivity contribution >= 4 is 40.0 Å². The Morgan fingerprint density at radius 1 is 1.20 bits per heavy atom. The first-order valence-corrected chi connectivity index (χ1v) is 8.46. The minimum atomic E-state index is -0.124. The molecular formula is C19H19N3O2S. The highest BCUT2D eigenvalue weighted by Gasteiger charge is 2.11. The molecule has 0 spiro atoms. The summed E-state index contributed by atoms with van der Waals surface area (Å²) in [4.78, 5) is 16.0. The second-order valence-electron chi connectivity index (χ2n) is 5.88. The second kappa shape index (κ2) is 7.03. The van der Waals surface area contributed by atoms with Gasteiger partial charge in [-0.15, -0.1) is 0 Å². The molecule has 0 bridgehead atoms. The average molecular weight is 353 g/mol. The Balaban J connectivity index is 1.89. The highest BCUT2D eigenvalue weighted by Crippen LogP contribution is 2.28. The Morgan fingerprint density at radius 2 is 2.00 bits per heavy atom. The van der Waals surface area contributed by atoms with Crippen LogP contribution in [0, 0.1) is 13.8 Å². The number of oxazole rings is 1. The van der Waals surface area contributed by atoms with Crippen molar-refractivity contribution in [1.82, 2.24) is 10.3 Å². The molecule has 0 saturated carbocycles. The summed E-state index contributed by atoms with van der Waals surface area (Å²) in [7, 11) is 0. The molecule has 3 rings (SSSR count). The van der Waals surface area contributed by atoms with Gasteiger partial charge in [0.2, 0.25) is 11.8 Å². The summed E-state index contributed by atoms with van der Waals surface area (Å²) in [6, 6.07) is 11.7. The van der Waals surface area contributed by atoms with Crippen molar-refractivity contribution in [2.45, 2.75) is 27.2 Å². The van der Waals surface area contributed by atoms with Crippen LogP contribution in [-0.2, 0) is 4.79 Å². The standard InChI is InChI=1S/C19H19N3O2S/c1-4-17(23)22-19(25)21-15-10-13(7-6-12(15)3)18-20-14-8-5-11(2)9-16(14)24-18/h5-10H,4H2,1-3H3,(H2,21,22,23,25). The van der Waals surface area contributed by atoms with Crippen LogP contribution in [0.15, 0.2) is 40.8 Å². The van der Waals surface area contributed by atoms with Gasteiger partial charge in [0.25, 0.3) is 0 Å². The summed E-state index contributed by atoms with van der Waals surface area (Å²) in [6.07, 6.45) is 0.378. The van der Waals surface area contributed by atoms with Crippen molar-refractivity contribution in [1.29, 1.82) is 0 Å². The summed E-state index contributed by atoms with van der Waals surface area (Å²) in [6.45, 7) is 5.76. The minimum absolute atomic E-state index is 0.124. The number of anilines is 1. The third-order valence-electron chi connectivity index (χ3n) is 3.85. The molecule has 1 aromatic heterocycles. The normalized spacial score (nSPS) is 10.7. The monoisotopic (exact) mass is 353 g/mol. The number of carbonyl (C=O) groups excluding carboxylic acids is 1. The third kappa shape index (κ3) is 3.85. The van der Waals surface area contributed by atoms with E-state index >= 15 is 0 Å². The van der Waals surface area contributed by atoms with E-state index < -0.39 is 0 Å². The number of nitrogens with one attached hydrogen (secondary N) is 2. The summed E-state index contributed by atoms with van der Waals surface area (Å²) >= 11 is 5.18. The molecular weight excluding hydrogens is 334 g/mol. The van der Waals surface area contributed by atoms with E-state index in [1.807, 2.05) is 50.2 Å². The van der Waals surface area contributed by atoms with E-state index in [2.05, 4.69) is 15.6 Å². The van der Waals surface area contributed by atoms with E-state index in [4.69, 9.17) is 16.6 Å². The molecule has 25 heavy (non-hydrogen) atoms. The van der Waals surface area contributed by atoms with Crippen LogP contribution >= 0.6 is 12.2 Å². The lowest BCUT2D eigenvalue weighted by Crippen LogP contribution is -2.33. The van der Waals surface area contributed by atoms with Crippen molar-refractivity contribution in [3.63, 3.8) is 0 Å². The van der Waals surface area contributed by atoms with E-state index in [1.165, 1.54) is 0 Å². The first-order chi connectivity index (χ1) is 12.0. The Bertz CT molecular complexity index is 962. The first kappa shape index (κ1) is 17.1. The third-order valence-corrected chi connectivity index (χ3v) is 4.05. The lowest BCUT2D eigenvalue weighted by Gasteiger charge is -2.12. The summed E-state index contributed by atoms with van der Waals surface area (Å²) in [5.74, 6) is 0.424. The molecule has 0 aliphatic heterocycles. The lowest BCUT2D eigenvalue weighted by molar-refractivity contribution is -0.119. The maximum Gasteiger partial charge on any atom is 0.227 e. The number of rotatable bonds is 3. The van der Waals surface area contributed by atoms with Crippen LogP contribution in [0.1, 0.15) is 24.5 Å². The molecule has 128 valence electrons. The van der Waals surface area contributed by atoms with Gasteiger partial charge in [-0.05, 0) is 61.5 Å². The van der Waals surface area contributed by atoms with Gasteiger partial charge in [0.1, 0.15) is 5.52 Å². The summed E-state index contributed by atoms with van der Waals surface area (Å²) < 4.78 is 5.88. The number of fused-ring (bicyclic) bond motifs is 1. The van der Waals surface area contributed by atoms with Crippen molar-refractivity contribution < 1.29 is 9.21 Å². The first-order valence-electron chi connectivity index (χ1n) is 8.05. The van der Waals surface area contributed by atoms with Gasteiger partial charge in [-0.1, -0.05) is 19.1 Å². The van der Waals surface area contributed by atoms with Crippen LogP contribution in [0.2, 0.25) is 0 Å². The molecule has 0 atom stereocenters. The Kier molecular flexibility index (Phi) is 4.81. The fourth-order valence-electron chi connectivity index (χ4n) is 2.41. The SMILES string of the molecule is CCC(=O)NC(=S)Nc1cc(-c2nc3ccc(C)cc3o2)ccc1C. The van der Waals surface area contributed by atoms with E-state index in [1.54, 1.807) is 6.92 Å². The van der Waals surface area contributed by atoms with Gasteiger partial charge in [-0.25, -0.2) is 4.98 Å². The number of thiocarbonyl (C=S) groups is 1. The molecule has 0 unspecified atom stereocenters. The Morgan fingerprint density at radius 3 is 2.76 bits per heavy atom. The quantitative estimate of drug-likeness (QED) is 0.686. The number of aryl methyl sites for hydroxylation is 2. The number of hydrogen-bond donors (Lipinski definition) is 2. The maximum atomic E-state index is 11.4. The van der Waals surface area contributed by atoms with Gasteiger partial charge in [0.05, 0.1) is 0 Å². The molecule has 1 amide bonds. The topological polar surface area (TPSA) is 67.2 Å². The number of carbonyl (C=O) groups is 1. The lowest BCUT2D eigenvalue weighted by atomic mass is 10.1. The van der Waals surface area contributed by atoms with E-state index in [0.717, 1.165) is 33.5 Å². The molecule has 2 aromatic carbocycles. The predicted molar refractivity (Wildman–Crippen MR) is 104 cm³/mol. The number of aromatic nitrogens is 1. The minimum Gasteiger partial charge on any atom is -0.436 e. The molecule has 0 aliphatic rings. The van der Waals surface area contributed by atoms with E-state index in [9.17, 15) is 4.79 Å².